The topological polar surface area (TPSA) is 144 Å². The third-order valence-corrected chi connectivity index (χ3v) is 5.45. The van der Waals surface area contributed by atoms with E-state index in [4.69, 9.17) is 14.9 Å². The van der Waals surface area contributed by atoms with Gasteiger partial charge >= 0.3 is 0 Å². The second-order valence-electron chi connectivity index (χ2n) is 7.67. The van der Waals surface area contributed by atoms with Crippen LogP contribution in [0, 0.1) is 23.2 Å². The molecule has 1 heterocycles. The highest BCUT2D eigenvalue weighted by Crippen LogP contribution is 2.24. The summed E-state index contributed by atoms with van der Waals surface area (Å²) in [6.07, 6.45) is 3.57. The lowest BCUT2D eigenvalue weighted by Gasteiger charge is -2.24. The van der Waals surface area contributed by atoms with Crippen molar-refractivity contribution in [1.29, 1.82) is 5.26 Å². The summed E-state index contributed by atoms with van der Waals surface area (Å²) in [7, 11) is 0. The molecule has 0 fully saturated rings. The van der Waals surface area contributed by atoms with Gasteiger partial charge in [-0.1, -0.05) is 45.2 Å². The monoisotopic (exact) mass is 454 g/mol. The number of carbonyl (C=O) groups excluding carboxylic acids is 3. The fraction of sp³-hybridized carbons (Fsp3) is 0.417. The zero-order chi connectivity index (χ0) is 24.2. The molecule has 0 bridgehead atoms. The summed E-state index contributed by atoms with van der Waals surface area (Å²) >= 11 is 0. The van der Waals surface area contributed by atoms with Crippen molar-refractivity contribution in [2.45, 2.75) is 46.0 Å². The SMILES string of the molecule is CCCCC[C@@H](C(=O)NCNC(=O)c1ccc(-c2cccc(C#N)c2)o1)[C@@H](CC)C(=O)NO. The molecule has 0 spiro atoms. The molecule has 1 aromatic carbocycles. The molecule has 2 atom stereocenters. The van der Waals surface area contributed by atoms with Crippen LogP contribution in [-0.2, 0) is 9.59 Å². The van der Waals surface area contributed by atoms with E-state index < -0.39 is 23.7 Å². The Morgan fingerprint density at radius 3 is 2.52 bits per heavy atom. The van der Waals surface area contributed by atoms with E-state index in [0.29, 0.717) is 29.7 Å². The highest BCUT2D eigenvalue weighted by molar-refractivity contribution is 5.92. The van der Waals surface area contributed by atoms with Gasteiger partial charge in [0.25, 0.3) is 5.91 Å². The number of furan rings is 1. The number of benzene rings is 1. The average molecular weight is 455 g/mol. The Morgan fingerprint density at radius 2 is 1.85 bits per heavy atom. The first-order valence-corrected chi connectivity index (χ1v) is 11.0. The molecule has 176 valence electrons. The Morgan fingerprint density at radius 1 is 1.06 bits per heavy atom. The predicted octanol–water partition coefficient (Wildman–Crippen LogP) is 3.35. The van der Waals surface area contributed by atoms with Crippen molar-refractivity contribution >= 4 is 17.7 Å². The summed E-state index contributed by atoms with van der Waals surface area (Å²) in [5, 5.41) is 23.3. The summed E-state index contributed by atoms with van der Waals surface area (Å²) < 4.78 is 5.59. The van der Waals surface area contributed by atoms with Crippen LogP contribution in [0.1, 0.15) is 62.1 Å². The zero-order valence-corrected chi connectivity index (χ0v) is 18.9. The molecule has 1 aromatic heterocycles. The van der Waals surface area contributed by atoms with Gasteiger partial charge in [-0.3, -0.25) is 19.6 Å². The smallest absolute Gasteiger partial charge is 0.288 e. The lowest BCUT2D eigenvalue weighted by molar-refractivity contribution is -0.140. The van der Waals surface area contributed by atoms with E-state index in [1.165, 1.54) is 6.07 Å². The van der Waals surface area contributed by atoms with Crippen molar-refractivity contribution in [3.05, 3.63) is 47.7 Å². The highest BCUT2D eigenvalue weighted by atomic mass is 16.5. The number of nitrogens with zero attached hydrogens (tertiary/aromatic N) is 1. The Bertz CT molecular complexity index is 995. The van der Waals surface area contributed by atoms with Crippen LogP contribution in [0.5, 0.6) is 0 Å². The van der Waals surface area contributed by atoms with E-state index in [0.717, 1.165) is 19.3 Å². The van der Waals surface area contributed by atoms with Crippen molar-refractivity contribution in [3.8, 4) is 17.4 Å². The van der Waals surface area contributed by atoms with E-state index in [1.54, 1.807) is 42.7 Å². The second-order valence-corrected chi connectivity index (χ2v) is 7.67. The van der Waals surface area contributed by atoms with E-state index in [2.05, 4.69) is 16.7 Å². The van der Waals surface area contributed by atoms with Crippen LogP contribution in [0.15, 0.2) is 40.8 Å². The molecule has 9 nitrogen and oxygen atoms in total. The number of nitriles is 1. The molecular formula is C24H30N4O5. The third kappa shape index (κ3) is 7.19. The first-order valence-electron chi connectivity index (χ1n) is 11.0. The molecule has 9 heteroatoms. The van der Waals surface area contributed by atoms with Crippen LogP contribution < -0.4 is 16.1 Å². The normalized spacial score (nSPS) is 12.3. The van der Waals surface area contributed by atoms with E-state index in [-0.39, 0.29) is 18.3 Å². The molecule has 0 unspecified atom stereocenters. The standard InChI is InChI=1S/C24H30N4O5/c1-3-5-6-10-19(18(4-2)23(30)28-32)22(29)26-15-27-24(31)21-12-11-20(33-21)17-9-7-8-16(13-17)14-25/h7-9,11-13,18-19,32H,3-6,10,15H2,1-2H3,(H,26,29)(H,27,31)(H,28,30)/t18-,19-/m1/s1. The second kappa shape index (κ2) is 13.0. The Hall–Kier alpha value is -3.64. The highest BCUT2D eigenvalue weighted by Gasteiger charge is 2.31. The van der Waals surface area contributed by atoms with Crippen LogP contribution in [0.4, 0.5) is 0 Å². The predicted molar refractivity (Wildman–Crippen MR) is 121 cm³/mol. The van der Waals surface area contributed by atoms with E-state index in [9.17, 15) is 14.4 Å². The van der Waals surface area contributed by atoms with Crippen molar-refractivity contribution in [1.82, 2.24) is 16.1 Å². The van der Waals surface area contributed by atoms with Gasteiger partial charge in [0, 0.05) is 11.5 Å². The largest absolute Gasteiger partial charge is 0.451 e. The summed E-state index contributed by atoms with van der Waals surface area (Å²) in [6, 6.07) is 12.0. The Balaban J connectivity index is 1.97. The lowest BCUT2D eigenvalue weighted by Crippen LogP contribution is -2.44. The number of rotatable bonds is 12. The minimum atomic E-state index is -0.667. The van der Waals surface area contributed by atoms with Crippen LogP contribution in [0.2, 0.25) is 0 Å². The van der Waals surface area contributed by atoms with Crippen LogP contribution in [-0.4, -0.2) is 29.6 Å². The molecular weight excluding hydrogens is 424 g/mol. The molecule has 2 aromatic rings. The summed E-state index contributed by atoms with van der Waals surface area (Å²) in [6.45, 7) is 3.68. The first kappa shape index (κ1) is 25.6. The van der Waals surface area contributed by atoms with Gasteiger partial charge in [-0.2, -0.15) is 5.26 Å². The van der Waals surface area contributed by atoms with Gasteiger partial charge < -0.3 is 15.1 Å². The van der Waals surface area contributed by atoms with Gasteiger partial charge in [-0.05, 0) is 37.1 Å². The minimum Gasteiger partial charge on any atom is -0.451 e. The zero-order valence-electron chi connectivity index (χ0n) is 18.9. The fourth-order valence-corrected chi connectivity index (χ4v) is 3.65. The molecule has 0 aliphatic heterocycles. The Kier molecular flexibility index (Phi) is 10.1. The Labute approximate surface area is 193 Å². The number of unbranched alkanes of at least 4 members (excludes halogenated alkanes) is 2. The van der Waals surface area contributed by atoms with Crippen LogP contribution in [0.3, 0.4) is 0 Å². The quantitative estimate of drug-likeness (QED) is 0.167. The molecule has 4 N–H and O–H groups in total. The van der Waals surface area contributed by atoms with Crippen molar-refractivity contribution in [2.75, 3.05) is 6.67 Å². The summed E-state index contributed by atoms with van der Waals surface area (Å²) in [4.78, 5) is 37.2. The number of hydroxylamine groups is 1. The summed E-state index contributed by atoms with van der Waals surface area (Å²) in [5.41, 5.74) is 2.79. The summed E-state index contributed by atoms with van der Waals surface area (Å²) in [5.74, 6) is -2.25. The molecule has 0 saturated carbocycles. The molecule has 0 aliphatic carbocycles. The van der Waals surface area contributed by atoms with E-state index in [1.807, 2.05) is 6.92 Å². The maximum absolute atomic E-state index is 12.8. The van der Waals surface area contributed by atoms with Gasteiger partial charge in [0.1, 0.15) is 5.76 Å². The van der Waals surface area contributed by atoms with Crippen LogP contribution >= 0.6 is 0 Å². The van der Waals surface area contributed by atoms with Gasteiger partial charge in [-0.25, -0.2) is 5.48 Å². The number of amides is 3. The van der Waals surface area contributed by atoms with Crippen molar-refractivity contribution in [3.63, 3.8) is 0 Å². The maximum atomic E-state index is 12.8. The average Bonchev–Trinajstić information content (AvgIpc) is 3.33. The maximum Gasteiger partial charge on any atom is 0.288 e. The van der Waals surface area contributed by atoms with Gasteiger partial charge in [0.05, 0.1) is 24.2 Å². The molecule has 0 saturated heterocycles. The molecule has 3 amide bonds. The molecule has 0 aliphatic rings. The molecule has 33 heavy (non-hydrogen) atoms. The number of nitrogens with one attached hydrogen (secondary N) is 3. The molecule has 0 radical (unpaired) electrons. The van der Waals surface area contributed by atoms with Gasteiger partial charge in [0.2, 0.25) is 11.8 Å². The lowest BCUT2D eigenvalue weighted by atomic mass is 9.84. The van der Waals surface area contributed by atoms with E-state index >= 15 is 0 Å². The van der Waals surface area contributed by atoms with Crippen molar-refractivity contribution < 1.29 is 24.0 Å². The number of hydrogen-bond acceptors (Lipinski definition) is 6. The minimum absolute atomic E-state index is 0.0622. The number of carbonyl (C=O) groups is 3. The van der Waals surface area contributed by atoms with Gasteiger partial charge in [0.15, 0.2) is 5.76 Å². The van der Waals surface area contributed by atoms with Gasteiger partial charge in [-0.15, -0.1) is 0 Å². The van der Waals surface area contributed by atoms with Crippen molar-refractivity contribution in [2.24, 2.45) is 11.8 Å². The third-order valence-electron chi connectivity index (χ3n) is 5.45. The number of hydrogen-bond donors (Lipinski definition) is 4. The van der Waals surface area contributed by atoms with Crippen LogP contribution in [0.25, 0.3) is 11.3 Å². The molecule has 2 rings (SSSR count). The fourth-order valence-electron chi connectivity index (χ4n) is 3.65. The first-order chi connectivity index (χ1) is 15.9.